The van der Waals surface area contributed by atoms with Crippen LogP contribution in [0.5, 0.6) is 5.75 Å². The summed E-state index contributed by atoms with van der Waals surface area (Å²) in [6.07, 6.45) is 0. The van der Waals surface area contributed by atoms with Crippen molar-refractivity contribution in [1.82, 2.24) is 9.88 Å². The number of rotatable bonds is 3. The van der Waals surface area contributed by atoms with Gasteiger partial charge in [0, 0.05) is 59.0 Å². The summed E-state index contributed by atoms with van der Waals surface area (Å²) in [5.41, 5.74) is 1.85. The van der Waals surface area contributed by atoms with Crippen LogP contribution in [-0.4, -0.2) is 45.8 Å². The molecular weight excluding hydrogens is 308 g/mol. The summed E-state index contributed by atoms with van der Waals surface area (Å²) in [5, 5.41) is 1.58. The second-order valence-electron chi connectivity index (χ2n) is 5.12. The first-order valence-corrected chi connectivity index (χ1v) is 8.73. The van der Waals surface area contributed by atoms with Gasteiger partial charge in [-0.3, -0.25) is 9.11 Å². The quantitative estimate of drug-likeness (QED) is 0.813. The number of hydrogen-bond donors (Lipinski definition) is 0. The van der Waals surface area contributed by atoms with Gasteiger partial charge in [0.15, 0.2) is 0 Å². The Bertz CT molecular complexity index is 683. The molecule has 1 fully saturated rings. The lowest BCUT2D eigenvalue weighted by atomic mass is 10.1. The molecule has 1 aliphatic rings. The standard InChI is InChI=1S/C15H17ClN2O2S/c1-20-13-3-2-11-8-12(15(16)17-14(11)9-13)10-18-4-6-21(19)7-5-18/h2-3,8-9H,4-7,10H2,1H3. The van der Waals surface area contributed by atoms with Gasteiger partial charge in [-0.1, -0.05) is 11.6 Å². The van der Waals surface area contributed by atoms with Crippen molar-refractivity contribution in [3.8, 4) is 5.75 Å². The van der Waals surface area contributed by atoms with Crippen LogP contribution in [0.1, 0.15) is 5.56 Å². The monoisotopic (exact) mass is 324 g/mol. The molecule has 21 heavy (non-hydrogen) atoms. The van der Waals surface area contributed by atoms with Crippen LogP contribution in [-0.2, 0) is 17.3 Å². The molecule has 1 aromatic heterocycles. The van der Waals surface area contributed by atoms with Crippen molar-refractivity contribution in [2.24, 2.45) is 0 Å². The van der Waals surface area contributed by atoms with Gasteiger partial charge in [0.2, 0.25) is 0 Å². The number of halogens is 1. The normalized spacial score (nSPS) is 17.2. The van der Waals surface area contributed by atoms with Gasteiger partial charge in [-0.2, -0.15) is 0 Å². The summed E-state index contributed by atoms with van der Waals surface area (Å²) in [4.78, 5) is 6.74. The topological polar surface area (TPSA) is 42.4 Å². The van der Waals surface area contributed by atoms with Crippen LogP contribution in [0.4, 0.5) is 0 Å². The van der Waals surface area contributed by atoms with Crippen molar-refractivity contribution in [3.05, 3.63) is 35.0 Å². The second kappa shape index (κ2) is 6.30. The van der Waals surface area contributed by atoms with E-state index in [0.29, 0.717) is 5.15 Å². The van der Waals surface area contributed by atoms with Crippen molar-refractivity contribution in [2.75, 3.05) is 31.7 Å². The third kappa shape index (κ3) is 3.36. The number of methoxy groups -OCH3 is 1. The highest BCUT2D eigenvalue weighted by Crippen LogP contribution is 2.25. The zero-order valence-corrected chi connectivity index (χ0v) is 13.4. The first-order valence-electron chi connectivity index (χ1n) is 6.86. The Labute approximate surface area is 131 Å². The molecule has 0 radical (unpaired) electrons. The summed E-state index contributed by atoms with van der Waals surface area (Å²) in [6.45, 7) is 2.46. The fraction of sp³-hybridized carbons (Fsp3) is 0.400. The van der Waals surface area contributed by atoms with Crippen LogP contribution in [0.15, 0.2) is 24.3 Å². The predicted octanol–water partition coefficient (Wildman–Crippen LogP) is 2.46. The minimum Gasteiger partial charge on any atom is -0.497 e. The molecule has 1 saturated heterocycles. The Morgan fingerprint density at radius 1 is 1.33 bits per heavy atom. The molecule has 0 atom stereocenters. The molecule has 1 aromatic carbocycles. The van der Waals surface area contributed by atoms with E-state index in [1.807, 2.05) is 18.2 Å². The Hall–Kier alpha value is -1.17. The molecule has 0 aliphatic carbocycles. The molecule has 0 bridgehead atoms. The highest BCUT2D eigenvalue weighted by Gasteiger charge is 2.17. The van der Waals surface area contributed by atoms with E-state index in [9.17, 15) is 4.21 Å². The van der Waals surface area contributed by atoms with Crippen LogP contribution < -0.4 is 4.74 Å². The lowest BCUT2D eigenvalue weighted by Gasteiger charge is -2.26. The van der Waals surface area contributed by atoms with Crippen molar-refractivity contribution < 1.29 is 8.95 Å². The van der Waals surface area contributed by atoms with E-state index in [0.717, 1.165) is 53.4 Å². The number of hydrogen-bond acceptors (Lipinski definition) is 4. The highest BCUT2D eigenvalue weighted by atomic mass is 35.5. The summed E-state index contributed by atoms with van der Waals surface area (Å²) >= 11 is 6.31. The highest BCUT2D eigenvalue weighted by molar-refractivity contribution is 7.85. The third-order valence-corrected chi connectivity index (χ3v) is 5.32. The molecular formula is C15H17ClN2O2S. The van der Waals surface area contributed by atoms with Gasteiger partial charge < -0.3 is 4.74 Å². The Morgan fingerprint density at radius 2 is 2.10 bits per heavy atom. The molecule has 4 nitrogen and oxygen atoms in total. The molecule has 0 amide bonds. The number of fused-ring (bicyclic) bond motifs is 1. The Balaban J connectivity index is 1.85. The molecule has 1 aliphatic heterocycles. The fourth-order valence-corrected chi connectivity index (χ4v) is 3.81. The van der Waals surface area contributed by atoms with Crippen LogP contribution in [0.25, 0.3) is 10.9 Å². The largest absolute Gasteiger partial charge is 0.497 e. The van der Waals surface area contributed by atoms with Crippen molar-refractivity contribution >= 4 is 33.3 Å². The molecule has 0 spiro atoms. The first-order chi connectivity index (χ1) is 10.2. The van der Waals surface area contributed by atoms with Crippen LogP contribution in [0.3, 0.4) is 0 Å². The van der Waals surface area contributed by atoms with E-state index < -0.39 is 10.8 Å². The zero-order chi connectivity index (χ0) is 14.8. The molecule has 2 heterocycles. The molecule has 2 aromatic rings. The van der Waals surface area contributed by atoms with E-state index in [2.05, 4.69) is 16.0 Å². The number of ether oxygens (including phenoxy) is 1. The minimum atomic E-state index is -0.654. The Kier molecular flexibility index (Phi) is 4.42. The zero-order valence-electron chi connectivity index (χ0n) is 11.8. The van der Waals surface area contributed by atoms with Gasteiger partial charge >= 0.3 is 0 Å². The molecule has 112 valence electrons. The SMILES string of the molecule is COc1ccc2cc(CN3CCS(=O)CC3)c(Cl)nc2c1. The molecule has 6 heteroatoms. The summed E-state index contributed by atoms with van der Waals surface area (Å²) in [6, 6.07) is 7.88. The second-order valence-corrected chi connectivity index (χ2v) is 7.18. The number of nitrogens with zero attached hydrogens (tertiary/aromatic N) is 2. The third-order valence-electron chi connectivity index (χ3n) is 3.72. The summed E-state index contributed by atoms with van der Waals surface area (Å²) in [5.74, 6) is 2.27. The number of benzene rings is 1. The number of aromatic nitrogens is 1. The molecule has 0 unspecified atom stereocenters. The maximum Gasteiger partial charge on any atom is 0.134 e. The van der Waals surface area contributed by atoms with E-state index in [-0.39, 0.29) is 0 Å². The van der Waals surface area contributed by atoms with E-state index >= 15 is 0 Å². The average Bonchev–Trinajstić information content (AvgIpc) is 2.50. The van der Waals surface area contributed by atoms with Crippen molar-refractivity contribution in [1.29, 1.82) is 0 Å². The van der Waals surface area contributed by atoms with Crippen molar-refractivity contribution in [2.45, 2.75) is 6.54 Å². The van der Waals surface area contributed by atoms with E-state index in [1.54, 1.807) is 7.11 Å². The lowest BCUT2D eigenvalue weighted by Crippen LogP contribution is -2.37. The molecule has 3 rings (SSSR count). The van der Waals surface area contributed by atoms with Gasteiger partial charge in [-0.25, -0.2) is 4.98 Å². The van der Waals surface area contributed by atoms with Crippen LogP contribution in [0.2, 0.25) is 5.15 Å². The van der Waals surface area contributed by atoms with E-state index in [4.69, 9.17) is 16.3 Å². The Morgan fingerprint density at radius 3 is 2.81 bits per heavy atom. The van der Waals surface area contributed by atoms with Crippen LogP contribution in [0, 0.1) is 0 Å². The van der Waals surface area contributed by atoms with Crippen LogP contribution >= 0.6 is 11.6 Å². The smallest absolute Gasteiger partial charge is 0.134 e. The van der Waals surface area contributed by atoms with Gasteiger partial charge in [0.1, 0.15) is 10.9 Å². The lowest BCUT2D eigenvalue weighted by molar-refractivity contribution is 0.291. The summed E-state index contributed by atoms with van der Waals surface area (Å²) < 4.78 is 16.6. The summed E-state index contributed by atoms with van der Waals surface area (Å²) in [7, 11) is 0.982. The maximum atomic E-state index is 11.4. The van der Waals surface area contributed by atoms with E-state index in [1.165, 1.54) is 0 Å². The van der Waals surface area contributed by atoms with Crippen molar-refractivity contribution in [3.63, 3.8) is 0 Å². The van der Waals surface area contributed by atoms with Gasteiger partial charge in [0.05, 0.1) is 12.6 Å². The van der Waals surface area contributed by atoms with Gasteiger partial charge in [-0.15, -0.1) is 0 Å². The minimum absolute atomic E-state index is 0.530. The molecule has 0 saturated carbocycles. The average molecular weight is 325 g/mol. The maximum absolute atomic E-state index is 11.4. The number of pyridine rings is 1. The first kappa shape index (κ1) is 14.8. The van der Waals surface area contributed by atoms with Gasteiger partial charge in [0.25, 0.3) is 0 Å². The van der Waals surface area contributed by atoms with Gasteiger partial charge in [-0.05, 0) is 18.2 Å². The fourth-order valence-electron chi connectivity index (χ4n) is 2.48. The molecule has 0 N–H and O–H groups in total. The predicted molar refractivity (Wildman–Crippen MR) is 86.5 cm³/mol.